The Hall–Kier alpha value is -1.62. The van der Waals surface area contributed by atoms with Crippen LogP contribution < -0.4 is 10.6 Å². The molecule has 1 unspecified atom stereocenters. The number of hydrogen-bond acceptors (Lipinski definition) is 4. The molecule has 1 saturated heterocycles. The molecule has 1 aromatic carbocycles. The van der Waals surface area contributed by atoms with Gasteiger partial charge in [-0.2, -0.15) is 0 Å². The van der Waals surface area contributed by atoms with E-state index in [0.717, 1.165) is 25.2 Å². The Kier molecular flexibility index (Phi) is 3.05. The largest absolute Gasteiger partial charge is 0.381 e. The predicted molar refractivity (Wildman–Crippen MR) is 62.7 cm³/mol. The van der Waals surface area contributed by atoms with E-state index in [0.29, 0.717) is 11.6 Å². The zero-order chi connectivity index (χ0) is 11.5. The van der Waals surface area contributed by atoms with Crippen molar-refractivity contribution in [2.75, 3.05) is 18.4 Å². The summed E-state index contributed by atoms with van der Waals surface area (Å²) in [7, 11) is 0. The van der Waals surface area contributed by atoms with Gasteiger partial charge in [-0.25, -0.2) is 0 Å². The lowest BCUT2D eigenvalue weighted by Gasteiger charge is -2.12. The molecule has 0 spiro atoms. The van der Waals surface area contributed by atoms with Crippen LogP contribution in [0.2, 0.25) is 0 Å². The van der Waals surface area contributed by atoms with E-state index in [-0.39, 0.29) is 10.6 Å². The summed E-state index contributed by atoms with van der Waals surface area (Å²) in [6.07, 6.45) is 1.06. The first-order chi connectivity index (χ1) is 7.66. The number of aryl methyl sites for hydroxylation is 1. The predicted octanol–water partition coefficient (Wildman–Crippen LogP) is 1.68. The molecule has 0 radical (unpaired) electrons. The lowest BCUT2D eigenvalue weighted by molar-refractivity contribution is -0.385. The fraction of sp³-hybridized carbons (Fsp3) is 0.455. The molecule has 1 atom stereocenters. The van der Waals surface area contributed by atoms with Crippen LogP contribution in [0.5, 0.6) is 0 Å². The maximum atomic E-state index is 10.8. The number of nitro groups is 1. The van der Waals surface area contributed by atoms with Crippen molar-refractivity contribution in [1.82, 2.24) is 5.32 Å². The smallest absolute Gasteiger partial charge is 0.274 e. The molecule has 1 fully saturated rings. The minimum absolute atomic E-state index is 0.177. The van der Waals surface area contributed by atoms with Crippen LogP contribution >= 0.6 is 0 Å². The lowest BCUT2D eigenvalue weighted by atomic mass is 10.1. The molecule has 0 bridgehead atoms. The van der Waals surface area contributed by atoms with Crippen LogP contribution in [-0.2, 0) is 0 Å². The molecule has 5 nitrogen and oxygen atoms in total. The second-order valence-corrected chi connectivity index (χ2v) is 4.09. The minimum atomic E-state index is -0.340. The standard InChI is InChI=1S/C11H15N3O2/c1-8-2-3-9(6-11(8)14(15)16)13-10-4-5-12-7-10/h2-3,6,10,12-13H,4-5,7H2,1H3. The first-order valence-corrected chi connectivity index (χ1v) is 5.39. The summed E-state index contributed by atoms with van der Waals surface area (Å²) in [6.45, 7) is 3.67. The second-order valence-electron chi connectivity index (χ2n) is 4.09. The molecule has 0 saturated carbocycles. The van der Waals surface area contributed by atoms with Crippen LogP contribution in [0.4, 0.5) is 11.4 Å². The third-order valence-corrected chi connectivity index (χ3v) is 2.84. The van der Waals surface area contributed by atoms with Gasteiger partial charge in [-0.3, -0.25) is 10.1 Å². The van der Waals surface area contributed by atoms with Crippen LogP contribution in [0.3, 0.4) is 0 Å². The van der Waals surface area contributed by atoms with Gasteiger partial charge in [-0.05, 0) is 26.0 Å². The van der Waals surface area contributed by atoms with Crippen LogP contribution in [0.25, 0.3) is 0 Å². The zero-order valence-electron chi connectivity index (χ0n) is 9.19. The van der Waals surface area contributed by atoms with Crippen molar-refractivity contribution in [3.05, 3.63) is 33.9 Å². The molecule has 1 heterocycles. The number of nitro benzene ring substituents is 1. The van der Waals surface area contributed by atoms with Gasteiger partial charge in [0.25, 0.3) is 5.69 Å². The summed E-state index contributed by atoms with van der Waals surface area (Å²) in [5, 5.41) is 17.3. The summed E-state index contributed by atoms with van der Waals surface area (Å²) in [5.41, 5.74) is 1.70. The second kappa shape index (κ2) is 4.49. The SMILES string of the molecule is Cc1ccc(NC2CCNC2)cc1[N+](=O)[O-]. The van der Waals surface area contributed by atoms with Crippen LogP contribution in [0.1, 0.15) is 12.0 Å². The molecule has 1 aliphatic rings. The molecule has 0 aromatic heterocycles. The van der Waals surface area contributed by atoms with Gasteiger partial charge in [0.05, 0.1) is 4.92 Å². The summed E-state index contributed by atoms with van der Waals surface area (Å²) >= 11 is 0. The van der Waals surface area contributed by atoms with Gasteiger partial charge in [0.15, 0.2) is 0 Å². The third kappa shape index (κ3) is 2.30. The summed E-state index contributed by atoms with van der Waals surface area (Å²) < 4.78 is 0. The normalized spacial score (nSPS) is 19.7. The Morgan fingerprint density at radius 3 is 3.00 bits per heavy atom. The molecule has 1 aliphatic heterocycles. The van der Waals surface area contributed by atoms with Crippen LogP contribution in [0.15, 0.2) is 18.2 Å². The van der Waals surface area contributed by atoms with Crippen molar-refractivity contribution in [3.63, 3.8) is 0 Å². The molecular formula is C11H15N3O2. The van der Waals surface area contributed by atoms with Crippen molar-refractivity contribution >= 4 is 11.4 Å². The monoisotopic (exact) mass is 221 g/mol. The number of rotatable bonds is 3. The first kappa shape index (κ1) is 10.9. The van der Waals surface area contributed by atoms with Crippen molar-refractivity contribution in [2.24, 2.45) is 0 Å². The Morgan fingerprint density at radius 1 is 1.56 bits per heavy atom. The van der Waals surface area contributed by atoms with Crippen molar-refractivity contribution < 1.29 is 4.92 Å². The number of nitrogens with one attached hydrogen (secondary N) is 2. The molecular weight excluding hydrogens is 206 g/mol. The van der Waals surface area contributed by atoms with Crippen LogP contribution in [0, 0.1) is 17.0 Å². The van der Waals surface area contributed by atoms with Gasteiger partial charge >= 0.3 is 0 Å². The summed E-state index contributed by atoms with van der Waals surface area (Å²) in [4.78, 5) is 10.4. The summed E-state index contributed by atoms with van der Waals surface area (Å²) in [6, 6.07) is 5.65. The Labute approximate surface area is 94.0 Å². The first-order valence-electron chi connectivity index (χ1n) is 5.39. The van der Waals surface area contributed by atoms with Gasteiger partial charge in [0.1, 0.15) is 0 Å². The quantitative estimate of drug-likeness (QED) is 0.602. The van der Waals surface area contributed by atoms with E-state index in [2.05, 4.69) is 10.6 Å². The van der Waals surface area contributed by atoms with Gasteiger partial charge in [0, 0.05) is 29.9 Å². The molecule has 1 aromatic rings. The topological polar surface area (TPSA) is 67.2 Å². The van der Waals surface area contributed by atoms with Gasteiger partial charge in [-0.15, -0.1) is 0 Å². The van der Waals surface area contributed by atoms with Gasteiger partial charge in [-0.1, -0.05) is 6.07 Å². The van der Waals surface area contributed by atoms with E-state index >= 15 is 0 Å². The van der Waals surface area contributed by atoms with Crippen LogP contribution in [-0.4, -0.2) is 24.1 Å². The Bertz CT molecular complexity index is 400. The van der Waals surface area contributed by atoms with Crippen molar-refractivity contribution in [1.29, 1.82) is 0 Å². The highest BCUT2D eigenvalue weighted by Gasteiger charge is 2.16. The van der Waals surface area contributed by atoms with E-state index in [4.69, 9.17) is 0 Å². The minimum Gasteiger partial charge on any atom is -0.381 e. The Balaban J connectivity index is 2.15. The Morgan fingerprint density at radius 2 is 2.38 bits per heavy atom. The highest BCUT2D eigenvalue weighted by Crippen LogP contribution is 2.23. The molecule has 16 heavy (non-hydrogen) atoms. The number of benzene rings is 1. The molecule has 0 aliphatic carbocycles. The number of nitrogens with zero attached hydrogens (tertiary/aromatic N) is 1. The summed E-state index contributed by atoms with van der Waals surface area (Å²) in [5.74, 6) is 0. The van der Waals surface area contributed by atoms with E-state index in [1.807, 2.05) is 6.07 Å². The van der Waals surface area contributed by atoms with Crippen molar-refractivity contribution in [3.8, 4) is 0 Å². The van der Waals surface area contributed by atoms with Gasteiger partial charge < -0.3 is 10.6 Å². The zero-order valence-corrected chi connectivity index (χ0v) is 9.19. The molecule has 2 N–H and O–H groups in total. The van der Waals surface area contributed by atoms with E-state index in [1.54, 1.807) is 19.1 Å². The average Bonchev–Trinajstić information content (AvgIpc) is 2.73. The maximum absolute atomic E-state index is 10.8. The fourth-order valence-corrected chi connectivity index (χ4v) is 1.91. The van der Waals surface area contributed by atoms with E-state index in [1.165, 1.54) is 0 Å². The van der Waals surface area contributed by atoms with Crippen molar-refractivity contribution in [2.45, 2.75) is 19.4 Å². The highest BCUT2D eigenvalue weighted by atomic mass is 16.6. The molecule has 2 rings (SSSR count). The number of anilines is 1. The van der Waals surface area contributed by atoms with Gasteiger partial charge in [0.2, 0.25) is 0 Å². The average molecular weight is 221 g/mol. The van der Waals surface area contributed by atoms with E-state index in [9.17, 15) is 10.1 Å². The third-order valence-electron chi connectivity index (χ3n) is 2.84. The number of hydrogen-bond donors (Lipinski definition) is 2. The molecule has 86 valence electrons. The fourth-order valence-electron chi connectivity index (χ4n) is 1.91. The lowest BCUT2D eigenvalue weighted by Crippen LogP contribution is -2.22. The maximum Gasteiger partial charge on any atom is 0.274 e. The molecule has 0 amide bonds. The highest BCUT2D eigenvalue weighted by molar-refractivity contribution is 5.55. The van der Waals surface area contributed by atoms with E-state index < -0.39 is 0 Å². The molecule has 5 heteroatoms.